The Labute approximate surface area is 164 Å². The summed E-state index contributed by atoms with van der Waals surface area (Å²) < 4.78 is 40.6. The Morgan fingerprint density at radius 3 is 2.72 bits per heavy atom. The molecule has 1 aliphatic heterocycles. The highest BCUT2D eigenvalue weighted by atomic mass is 19.4. The predicted octanol–water partition coefficient (Wildman–Crippen LogP) is 3.25. The highest BCUT2D eigenvalue weighted by Gasteiger charge is 2.35. The van der Waals surface area contributed by atoms with Crippen molar-refractivity contribution in [3.8, 4) is 0 Å². The molecule has 6 nitrogen and oxygen atoms in total. The van der Waals surface area contributed by atoms with Crippen LogP contribution in [0, 0.1) is 6.92 Å². The zero-order valence-corrected chi connectivity index (χ0v) is 15.7. The molecule has 3 aromatic heterocycles. The van der Waals surface area contributed by atoms with Crippen LogP contribution in [-0.2, 0) is 19.1 Å². The van der Waals surface area contributed by atoms with Crippen molar-refractivity contribution in [1.82, 2.24) is 19.6 Å². The van der Waals surface area contributed by atoms with Gasteiger partial charge in [-0.05, 0) is 37.3 Å². The van der Waals surface area contributed by atoms with E-state index in [0.717, 1.165) is 30.2 Å². The Morgan fingerprint density at radius 2 is 2.00 bits per heavy atom. The van der Waals surface area contributed by atoms with Crippen LogP contribution < -0.4 is 10.5 Å². The molecule has 0 spiro atoms. The van der Waals surface area contributed by atoms with Crippen molar-refractivity contribution in [2.75, 3.05) is 11.4 Å². The fourth-order valence-electron chi connectivity index (χ4n) is 4.05. The van der Waals surface area contributed by atoms with Crippen LogP contribution in [0.15, 0.2) is 29.3 Å². The first-order valence-electron chi connectivity index (χ1n) is 9.51. The van der Waals surface area contributed by atoms with Gasteiger partial charge in [-0.3, -0.25) is 9.78 Å². The van der Waals surface area contributed by atoms with Crippen molar-refractivity contribution in [3.05, 3.63) is 62.8 Å². The van der Waals surface area contributed by atoms with E-state index in [1.807, 2.05) is 11.8 Å². The van der Waals surface area contributed by atoms with E-state index in [0.29, 0.717) is 41.6 Å². The summed E-state index contributed by atoms with van der Waals surface area (Å²) in [7, 11) is 0. The van der Waals surface area contributed by atoms with Gasteiger partial charge in [0.05, 0.1) is 5.56 Å². The second kappa shape index (κ2) is 6.27. The van der Waals surface area contributed by atoms with E-state index in [2.05, 4.69) is 15.1 Å². The molecule has 0 unspecified atom stereocenters. The Hall–Kier alpha value is -2.97. The lowest BCUT2D eigenvalue weighted by molar-refractivity contribution is -0.137. The molecule has 4 heterocycles. The van der Waals surface area contributed by atoms with Crippen molar-refractivity contribution >= 4 is 11.5 Å². The third-order valence-electron chi connectivity index (χ3n) is 5.65. The normalized spacial score (nSPS) is 16.9. The Morgan fingerprint density at radius 1 is 1.21 bits per heavy atom. The Balaban J connectivity index is 1.62. The summed E-state index contributed by atoms with van der Waals surface area (Å²) in [5.41, 5.74) is 2.68. The molecule has 3 aromatic rings. The maximum absolute atomic E-state index is 13.1. The lowest BCUT2D eigenvalue weighted by Crippen LogP contribution is -2.34. The molecule has 29 heavy (non-hydrogen) atoms. The van der Waals surface area contributed by atoms with Gasteiger partial charge >= 0.3 is 6.18 Å². The lowest BCUT2D eigenvalue weighted by Gasteiger charge is -2.31. The molecular weight excluding hydrogens is 383 g/mol. The zero-order valence-electron chi connectivity index (χ0n) is 15.7. The number of anilines is 1. The first-order valence-corrected chi connectivity index (χ1v) is 9.51. The SMILES string of the molecule is Cc1c(C2CC2)c(N2CCc3ncc(C(F)(F)F)cc3C2)nn2c(=O)ccnc12. The van der Waals surface area contributed by atoms with Gasteiger partial charge in [-0.1, -0.05) is 0 Å². The molecule has 5 rings (SSSR count). The van der Waals surface area contributed by atoms with Gasteiger partial charge in [0.25, 0.3) is 5.56 Å². The zero-order chi connectivity index (χ0) is 20.3. The molecule has 150 valence electrons. The number of aromatic nitrogens is 4. The maximum atomic E-state index is 13.1. The largest absolute Gasteiger partial charge is 0.417 e. The fourth-order valence-corrected chi connectivity index (χ4v) is 4.05. The van der Waals surface area contributed by atoms with E-state index in [9.17, 15) is 18.0 Å². The maximum Gasteiger partial charge on any atom is 0.417 e. The average Bonchev–Trinajstić information content (AvgIpc) is 3.52. The van der Waals surface area contributed by atoms with Gasteiger partial charge in [0.1, 0.15) is 0 Å². The van der Waals surface area contributed by atoms with Gasteiger partial charge in [0.15, 0.2) is 11.5 Å². The summed E-state index contributed by atoms with van der Waals surface area (Å²) in [6.45, 7) is 2.79. The third-order valence-corrected chi connectivity index (χ3v) is 5.65. The van der Waals surface area contributed by atoms with Crippen LogP contribution in [0.3, 0.4) is 0 Å². The number of nitrogens with zero attached hydrogens (tertiary/aromatic N) is 5. The average molecular weight is 401 g/mol. The molecule has 1 aliphatic carbocycles. The van der Waals surface area contributed by atoms with Crippen LogP contribution >= 0.6 is 0 Å². The monoisotopic (exact) mass is 401 g/mol. The summed E-state index contributed by atoms with van der Waals surface area (Å²) in [6, 6.07) is 2.53. The molecule has 0 radical (unpaired) electrons. The number of rotatable bonds is 2. The van der Waals surface area contributed by atoms with Crippen LogP contribution in [-0.4, -0.2) is 26.1 Å². The number of hydrogen-bond donors (Lipinski definition) is 0. The third kappa shape index (κ3) is 3.04. The van der Waals surface area contributed by atoms with Crippen LogP contribution in [0.5, 0.6) is 0 Å². The Kier molecular flexibility index (Phi) is 3.91. The number of pyridine rings is 1. The highest BCUT2D eigenvalue weighted by molar-refractivity contribution is 5.62. The number of aryl methyl sites for hydroxylation is 1. The summed E-state index contributed by atoms with van der Waals surface area (Å²) in [6.07, 6.45) is 0.538. The number of fused-ring (bicyclic) bond motifs is 2. The quantitative estimate of drug-likeness (QED) is 0.660. The van der Waals surface area contributed by atoms with Gasteiger partial charge in [-0.15, -0.1) is 5.10 Å². The summed E-state index contributed by atoms with van der Waals surface area (Å²) in [5.74, 6) is 1.01. The minimum Gasteiger partial charge on any atom is -0.350 e. The first kappa shape index (κ1) is 18.1. The van der Waals surface area contributed by atoms with Crippen LogP contribution in [0.25, 0.3) is 5.65 Å². The minimum atomic E-state index is -4.43. The lowest BCUT2D eigenvalue weighted by atomic mass is 10.0. The molecule has 0 atom stereocenters. The fraction of sp³-hybridized carbons (Fsp3) is 0.400. The summed E-state index contributed by atoms with van der Waals surface area (Å²) in [4.78, 5) is 22.6. The van der Waals surface area contributed by atoms with Crippen LogP contribution in [0.1, 0.15) is 46.7 Å². The van der Waals surface area contributed by atoms with E-state index >= 15 is 0 Å². The van der Waals surface area contributed by atoms with Gasteiger partial charge in [-0.25, -0.2) is 4.98 Å². The van der Waals surface area contributed by atoms with Gasteiger partial charge < -0.3 is 4.90 Å². The molecule has 0 amide bonds. The predicted molar refractivity (Wildman–Crippen MR) is 100.0 cm³/mol. The van der Waals surface area contributed by atoms with Crippen molar-refractivity contribution in [3.63, 3.8) is 0 Å². The number of alkyl halides is 3. The molecule has 0 aromatic carbocycles. The minimum absolute atomic E-state index is 0.277. The second-order valence-corrected chi connectivity index (χ2v) is 7.65. The van der Waals surface area contributed by atoms with E-state index in [4.69, 9.17) is 0 Å². The standard InChI is InChI=1S/C20H18F3N5O/c1-11-17(12-2-3-12)19(26-28-16(29)4-6-24-18(11)28)27-7-5-15-13(10-27)8-14(9-25-15)20(21,22)23/h4,6,8-9,12H,2-3,5,7,10H2,1H3. The summed E-state index contributed by atoms with van der Waals surface area (Å²) >= 11 is 0. The van der Waals surface area contributed by atoms with Crippen molar-refractivity contribution in [2.45, 2.75) is 44.8 Å². The first-order chi connectivity index (χ1) is 13.8. The number of hydrogen-bond acceptors (Lipinski definition) is 5. The molecular formula is C20H18F3N5O. The number of halogens is 3. The Bertz CT molecular complexity index is 1180. The smallest absolute Gasteiger partial charge is 0.350 e. The molecule has 0 saturated heterocycles. The molecule has 0 bridgehead atoms. The van der Waals surface area contributed by atoms with Gasteiger partial charge in [0, 0.05) is 54.8 Å². The van der Waals surface area contributed by atoms with E-state index in [1.165, 1.54) is 22.8 Å². The van der Waals surface area contributed by atoms with Crippen LogP contribution in [0.2, 0.25) is 0 Å². The topological polar surface area (TPSA) is 63.4 Å². The van der Waals surface area contributed by atoms with E-state index in [-0.39, 0.29) is 12.1 Å². The second-order valence-electron chi connectivity index (χ2n) is 7.65. The van der Waals surface area contributed by atoms with Crippen LogP contribution in [0.4, 0.5) is 19.0 Å². The van der Waals surface area contributed by atoms with Crippen molar-refractivity contribution in [1.29, 1.82) is 0 Å². The highest BCUT2D eigenvalue weighted by Crippen LogP contribution is 2.46. The van der Waals surface area contributed by atoms with Gasteiger partial charge in [0.2, 0.25) is 0 Å². The molecule has 1 saturated carbocycles. The summed E-state index contributed by atoms with van der Waals surface area (Å²) in [5, 5.41) is 4.59. The van der Waals surface area contributed by atoms with E-state index < -0.39 is 11.7 Å². The molecule has 1 fully saturated rings. The van der Waals surface area contributed by atoms with Crippen molar-refractivity contribution in [2.24, 2.45) is 0 Å². The van der Waals surface area contributed by atoms with Crippen molar-refractivity contribution < 1.29 is 13.2 Å². The molecule has 9 heteroatoms. The molecule has 2 aliphatic rings. The van der Waals surface area contributed by atoms with Gasteiger partial charge in [-0.2, -0.15) is 17.7 Å². The van der Waals surface area contributed by atoms with E-state index in [1.54, 1.807) is 0 Å². The molecule has 0 N–H and O–H groups in total.